The van der Waals surface area contributed by atoms with Gasteiger partial charge in [0.2, 0.25) is 0 Å². The van der Waals surface area contributed by atoms with Crippen LogP contribution in [0.25, 0.3) is 0 Å². The summed E-state index contributed by atoms with van der Waals surface area (Å²) in [6.45, 7) is 9.48. The summed E-state index contributed by atoms with van der Waals surface area (Å²) in [5.41, 5.74) is 6.34. The lowest BCUT2D eigenvalue weighted by atomic mass is 10.0. The van der Waals surface area contributed by atoms with E-state index in [1.54, 1.807) is 4.90 Å². The van der Waals surface area contributed by atoms with Crippen molar-refractivity contribution in [2.24, 2.45) is 0 Å². The molecule has 1 N–H and O–H groups in total. The highest BCUT2D eigenvalue weighted by atomic mass is 79.9. The summed E-state index contributed by atoms with van der Waals surface area (Å²) >= 11 is 7.09. The van der Waals surface area contributed by atoms with Gasteiger partial charge in [-0.1, -0.05) is 46.3 Å². The van der Waals surface area contributed by atoms with Gasteiger partial charge in [0.15, 0.2) is 0 Å². The summed E-state index contributed by atoms with van der Waals surface area (Å²) in [4.78, 5) is 28.0. The third-order valence-electron chi connectivity index (χ3n) is 6.38. The Morgan fingerprint density at radius 2 is 1.83 bits per heavy atom. The Morgan fingerprint density at radius 3 is 2.54 bits per heavy atom. The van der Waals surface area contributed by atoms with E-state index < -0.39 is 11.8 Å². The van der Waals surface area contributed by atoms with Gasteiger partial charge in [-0.3, -0.25) is 14.3 Å². The van der Waals surface area contributed by atoms with Crippen LogP contribution in [-0.4, -0.2) is 46.3 Å². The zero-order valence-electron chi connectivity index (χ0n) is 20.2. The molecule has 35 heavy (non-hydrogen) atoms. The van der Waals surface area contributed by atoms with Gasteiger partial charge in [0.25, 0.3) is 0 Å². The molecule has 0 radical (unpaired) electrons. The molecule has 1 fully saturated rings. The number of hydrogen-bond donors (Lipinski definition) is 1. The third kappa shape index (κ3) is 5.22. The van der Waals surface area contributed by atoms with Crippen LogP contribution in [0.1, 0.15) is 39.7 Å². The number of aryl methyl sites for hydroxylation is 2. The highest BCUT2D eigenvalue weighted by Gasteiger charge is 2.35. The first-order valence-corrected chi connectivity index (χ1v) is 13.0. The number of benzene rings is 2. The van der Waals surface area contributed by atoms with Gasteiger partial charge in [0, 0.05) is 26.7 Å². The predicted octanol–water partition coefficient (Wildman–Crippen LogP) is 5.23. The fourth-order valence-electron chi connectivity index (χ4n) is 4.52. The summed E-state index contributed by atoms with van der Waals surface area (Å²) in [6.07, 6.45) is 0. The Labute approximate surface area is 222 Å². The maximum atomic E-state index is 13.4. The molecule has 0 spiro atoms. The van der Waals surface area contributed by atoms with Gasteiger partial charge in [-0.25, -0.2) is 0 Å². The Balaban J connectivity index is 1.59. The number of nitrogens with zero attached hydrogens (tertiary/aromatic N) is 3. The Bertz CT molecular complexity index is 1270. The van der Waals surface area contributed by atoms with Crippen LogP contribution < -0.4 is 5.32 Å². The van der Waals surface area contributed by atoms with Crippen LogP contribution in [0.3, 0.4) is 0 Å². The highest BCUT2D eigenvalue weighted by Crippen LogP contribution is 2.35. The minimum Gasteiger partial charge on any atom is -0.377 e. The molecule has 1 aromatic heterocycles. The molecule has 1 unspecified atom stereocenters. The standard InChI is InChI=1S/C26H28Br2N4O3/c1-15-12-20(24(28)16(2)23(15)27)29-25(33)26(34)31-10-11-35-14-21(31)22-17(3)30-32(18(22)4)13-19-8-6-5-7-9-19/h5-9,12,21H,10-11,13-14H2,1-4H3,(H,29,33). The van der Waals surface area contributed by atoms with Crippen LogP contribution in [0.4, 0.5) is 5.69 Å². The number of nitrogens with one attached hydrogen (secondary N) is 1. The molecule has 4 rings (SSSR count). The number of carbonyl (C=O) groups excluding carboxylic acids is 2. The van der Waals surface area contributed by atoms with Crippen molar-refractivity contribution in [2.75, 3.05) is 25.1 Å². The first-order chi connectivity index (χ1) is 16.7. The third-order valence-corrected chi connectivity index (χ3v) is 8.62. The maximum Gasteiger partial charge on any atom is 0.313 e. The van der Waals surface area contributed by atoms with Crippen LogP contribution in [0.15, 0.2) is 45.3 Å². The molecular formula is C26H28Br2N4O3. The van der Waals surface area contributed by atoms with E-state index >= 15 is 0 Å². The number of amides is 2. The van der Waals surface area contributed by atoms with Gasteiger partial charge in [-0.2, -0.15) is 5.10 Å². The van der Waals surface area contributed by atoms with Crippen LogP contribution in [0.5, 0.6) is 0 Å². The minimum atomic E-state index is -0.675. The molecule has 2 amide bonds. The van der Waals surface area contributed by atoms with E-state index in [0.29, 0.717) is 32.0 Å². The number of halogens is 2. The minimum absolute atomic E-state index is 0.317. The van der Waals surface area contributed by atoms with Gasteiger partial charge < -0.3 is 15.0 Å². The Hall–Kier alpha value is -2.49. The van der Waals surface area contributed by atoms with Crippen molar-refractivity contribution in [3.63, 3.8) is 0 Å². The fraction of sp³-hybridized carbons (Fsp3) is 0.346. The van der Waals surface area contributed by atoms with Crippen LogP contribution >= 0.6 is 31.9 Å². The molecule has 0 bridgehead atoms. The number of anilines is 1. The van der Waals surface area contributed by atoms with Gasteiger partial charge in [0.05, 0.1) is 37.2 Å². The number of carbonyl (C=O) groups is 2. The topological polar surface area (TPSA) is 76.5 Å². The average molecular weight is 604 g/mol. The summed E-state index contributed by atoms with van der Waals surface area (Å²) in [6, 6.07) is 11.6. The first-order valence-electron chi connectivity index (χ1n) is 11.4. The lowest BCUT2D eigenvalue weighted by Gasteiger charge is -2.35. The second-order valence-electron chi connectivity index (χ2n) is 8.77. The van der Waals surface area contributed by atoms with Crippen molar-refractivity contribution in [3.8, 4) is 0 Å². The van der Waals surface area contributed by atoms with E-state index in [9.17, 15) is 9.59 Å². The number of rotatable bonds is 4. The van der Waals surface area contributed by atoms with Crippen molar-refractivity contribution in [1.82, 2.24) is 14.7 Å². The Morgan fingerprint density at radius 1 is 1.11 bits per heavy atom. The second kappa shape index (κ2) is 10.6. The number of morpholine rings is 1. The summed E-state index contributed by atoms with van der Waals surface area (Å²) in [5, 5.41) is 7.53. The molecule has 1 aliphatic heterocycles. The summed E-state index contributed by atoms with van der Waals surface area (Å²) < 4.78 is 9.39. The quantitative estimate of drug-likeness (QED) is 0.414. The van der Waals surface area contributed by atoms with Crippen LogP contribution in [0, 0.1) is 27.7 Å². The van der Waals surface area contributed by atoms with Crippen molar-refractivity contribution in [2.45, 2.75) is 40.3 Å². The van der Waals surface area contributed by atoms with Crippen molar-refractivity contribution < 1.29 is 14.3 Å². The summed E-state index contributed by atoms with van der Waals surface area (Å²) in [7, 11) is 0. The zero-order chi connectivity index (χ0) is 25.3. The molecule has 1 aliphatic rings. The number of hydrogen-bond acceptors (Lipinski definition) is 4. The molecule has 2 aromatic carbocycles. The lowest BCUT2D eigenvalue weighted by Crippen LogP contribution is -2.48. The van der Waals surface area contributed by atoms with Gasteiger partial charge in [-0.15, -0.1) is 0 Å². The van der Waals surface area contributed by atoms with Crippen molar-refractivity contribution in [1.29, 1.82) is 0 Å². The van der Waals surface area contributed by atoms with Gasteiger partial charge in [-0.05, 0) is 66.4 Å². The normalized spacial score (nSPS) is 15.8. The monoisotopic (exact) mass is 602 g/mol. The van der Waals surface area contributed by atoms with E-state index in [1.165, 1.54) is 0 Å². The molecule has 0 aliphatic carbocycles. The van der Waals surface area contributed by atoms with E-state index in [4.69, 9.17) is 9.84 Å². The predicted molar refractivity (Wildman–Crippen MR) is 142 cm³/mol. The van der Waals surface area contributed by atoms with E-state index in [2.05, 4.69) is 49.3 Å². The second-order valence-corrected chi connectivity index (χ2v) is 10.4. The molecule has 3 aromatic rings. The van der Waals surface area contributed by atoms with Crippen molar-refractivity contribution in [3.05, 3.63) is 79.0 Å². The smallest absolute Gasteiger partial charge is 0.313 e. The zero-order valence-corrected chi connectivity index (χ0v) is 23.4. The summed E-state index contributed by atoms with van der Waals surface area (Å²) in [5.74, 6) is -1.26. The number of ether oxygens (including phenoxy) is 1. The van der Waals surface area contributed by atoms with E-state index in [0.717, 1.165) is 42.6 Å². The lowest BCUT2D eigenvalue weighted by molar-refractivity contribution is -0.149. The van der Waals surface area contributed by atoms with Gasteiger partial charge >= 0.3 is 11.8 Å². The van der Waals surface area contributed by atoms with Crippen molar-refractivity contribution >= 4 is 49.4 Å². The molecule has 9 heteroatoms. The maximum absolute atomic E-state index is 13.4. The highest BCUT2D eigenvalue weighted by molar-refractivity contribution is 9.11. The molecule has 1 saturated heterocycles. The largest absolute Gasteiger partial charge is 0.377 e. The van der Waals surface area contributed by atoms with Crippen LogP contribution in [-0.2, 0) is 20.9 Å². The average Bonchev–Trinajstić information content (AvgIpc) is 3.13. The SMILES string of the molecule is Cc1cc(NC(=O)C(=O)N2CCOCC2c2c(C)nn(Cc3ccccc3)c2C)c(Br)c(C)c1Br. The molecule has 1 atom stereocenters. The number of aromatic nitrogens is 2. The molecular weight excluding hydrogens is 576 g/mol. The fourth-order valence-corrected chi connectivity index (χ4v) is 5.51. The Kier molecular flexibility index (Phi) is 7.78. The van der Waals surface area contributed by atoms with E-state index in [1.807, 2.05) is 56.6 Å². The van der Waals surface area contributed by atoms with Crippen LogP contribution in [0.2, 0.25) is 0 Å². The van der Waals surface area contributed by atoms with E-state index in [-0.39, 0.29) is 6.04 Å². The molecule has 7 nitrogen and oxygen atoms in total. The molecule has 184 valence electrons. The molecule has 0 saturated carbocycles. The first kappa shape index (κ1) is 25.6. The van der Waals surface area contributed by atoms with Gasteiger partial charge in [0.1, 0.15) is 0 Å². The molecule has 2 heterocycles.